The first-order valence-electron chi connectivity index (χ1n) is 6.39. The van der Waals surface area contributed by atoms with Crippen molar-refractivity contribution in [3.05, 3.63) is 12.0 Å². The minimum Gasteiger partial charge on any atom is -0.394 e. The fraction of sp³-hybridized carbons (Fsp3) is 0.833. The van der Waals surface area contributed by atoms with Gasteiger partial charge in [0.05, 0.1) is 65.2 Å². The lowest BCUT2D eigenvalue weighted by atomic mass is 10.7. The highest BCUT2D eigenvalue weighted by molar-refractivity contribution is 7.94. The SMILES string of the molecule is C=CS(=O)(=O)CCOCCOCCOCCOCCO. The Bertz CT molecular complexity index is 316. The maximum atomic E-state index is 11.0. The molecule has 0 saturated heterocycles. The Morgan fingerprint density at radius 2 is 1.20 bits per heavy atom. The van der Waals surface area contributed by atoms with Crippen molar-refractivity contribution < 1.29 is 32.5 Å². The average Bonchev–Trinajstić information content (AvgIpc) is 2.44. The van der Waals surface area contributed by atoms with Crippen LogP contribution in [0, 0.1) is 0 Å². The monoisotopic (exact) mass is 312 g/mol. The summed E-state index contributed by atoms with van der Waals surface area (Å²) in [6.45, 7) is 6.19. The third kappa shape index (κ3) is 13.9. The normalized spacial score (nSPS) is 11.7. The smallest absolute Gasteiger partial charge is 0.173 e. The molecule has 8 heteroatoms. The third-order valence-corrected chi connectivity index (χ3v) is 3.36. The Kier molecular flexibility index (Phi) is 13.1. The number of sulfone groups is 1. The van der Waals surface area contributed by atoms with Gasteiger partial charge in [0.1, 0.15) is 0 Å². The van der Waals surface area contributed by atoms with Crippen molar-refractivity contribution in [3.63, 3.8) is 0 Å². The molecule has 20 heavy (non-hydrogen) atoms. The van der Waals surface area contributed by atoms with Crippen LogP contribution in [-0.2, 0) is 28.8 Å². The zero-order chi connectivity index (χ0) is 15.1. The molecule has 0 unspecified atom stereocenters. The summed E-state index contributed by atoms with van der Waals surface area (Å²) < 4.78 is 42.6. The van der Waals surface area contributed by atoms with E-state index in [1.54, 1.807) is 0 Å². The molecule has 0 rings (SSSR count). The molecule has 0 bridgehead atoms. The van der Waals surface area contributed by atoms with Crippen molar-refractivity contribution in [1.29, 1.82) is 0 Å². The van der Waals surface area contributed by atoms with Crippen molar-refractivity contribution in [1.82, 2.24) is 0 Å². The van der Waals surface area contributed by atoms with Crippen LogP contribution >= 0.6 is 0 Å². The number of hydrogen-bond donors (Lipinski definition) is 1. The van der Waals surface area contributed by atoms with Gasteiger partial charge in [-0.25, -0.2) is 8.42 Å². The molecule has 0 aromatic carbocycles. The second-order valence-electron chi connectivity index (χ2n) is 3.71. The van der Waals surface area contributed by atoms with Crippen LogP contribution in [0.5, 0.6) is 0 Å². The van der Waals surface area contributed by atoms with Crippen molar-refractivity contribution in [2.24, 2.45) is 0 Å². The molecule has 0 fully saturated rings. The second-order valence-corrected chi connectivity index (χ2v) is 5.77. The van der Waals surface area contributed by atoms with Crippen LogP contribution < -0.4 is 0 Å². The third-order valence-electron chi connectivity index (χ3n) is 2.12. The molecule has 0 aliphatic rings. The summed E-state index contributed by atoms with van der Waals surface area (Å²) in [6, 6.07) is 0. The molecule has 0 atom stereocenters. The van der Waals surface area contributed by atoms with Gasteiger partial charge in [-0.1, -0.05) is 6.58 Å². The lowest BCUT2D eigenvalue weighted by molar-refractivity contribution is -0.00423. The van der Waals surface area contributed by atoms with Gasteiger partial charge in [0.2, 0.25) is 0 Å². The largest absolute Gasteiger partial charge is 0.394 e. The van der Waals surface area contributed by atoms with E-state index in [-0.39, 0.29) is 19.0 Å². The maximum absolute atomic E-state index is 11.0. The first kappa shape index (κ1) is 19.5. The van der Waals surface area contributed by atoms with Crippen molar-refractivity contribution in [2.45, 2.75) is 0 Å². The predicted molar refractivity (Wildman–Crippen MR) is 74.3 cm³/mol. The fourth-order valence-electron chi connectivity index (χ4n) is 1.08. The van der Waals surface area contributed by atoms with E-state index in [2.05, 4.69) is 6.58 Å². The van der Waals surface area contributed by atoms with Crippen molar-refractivity contribution in [3.8, 4) is 0 Å². The molecule has 0 aromatic heterocycles. The zero-order valence-corrected chi connectivity index (χ0v) is 12.5. The van der Waals surface area contributed by atoms with Gasteiger partial charge in [-0.2, -0.15) is 0 Å². The molecule has 7 nitrogen and oxygen atoms in total. The Hall–Kier alpha value is -0.510. The maximum Gasteiger partial charge on any atom is 0.173 e. The molecular formula is C12H24O7S. The molecule has 0 heterocycles. The zero-order valence-electron chi connectivity index (χ0n) is 11.7. The molecule has 0 saturated carbocycles. The summed E-state index contributed by atoms with van der Waals surface area (Å²) in [5, 5.41) is 9.38. The van der Waals surface area contributed by atoms with Crippen LogP contribution in [-0.4, -0.2) is 78.7 Å². The Labute approximate surface area is 120 Å². The Morgan fingerprint density at radius 3 is 1.60 bits per heavy atom. The highest BCUT2D eigenvalue weighted by Gasteiger charge is 2.03. The predicted octanol–water partition coefficient (Wildman–Crippen LogP) is -0.397. The van der Waals surface area contributed by atoms with Crippen LogP contribution in [0.15, 0.2) is 12.0 Å². The molecular weight excluding hydrogens is 288 g/mol. The van der Waals surface area contributed by atoms with Crippen molar-refractivity contribution >= 4 is 9.84 Å². The molecule has 0 aromatic rings. The Balaban J connectivity index is 3.12. The van der Waals surface area contributed by atoms with Crippen LogP contribution in [0.4, 0.5) is 0 Å². The standard InChI is InChI=1S/C12H24O7S/c1-2-20(14,15)12-11-19-10-9-18-8-7-17-6-5-16-4-3-13/h2,13H,1,3-12H2. The molecule has 0 aliphatic heterocycles. The van der Waals surface area contributed by atoms with E-state index < -0.39 is 9.84 Å². The molecule has 0 radical (unpaired) electrons. The molecule has 0 spiro atoms. The summed E-state index contributed by atoms with van der Waals surface area (Å²) in [4.78, 5) is 0. The van der Waals surface area contributed by atoms with Crippen LogP contribution in [0.1, 0.15) is 0 Å². The average molecular weight is 312 g/mol. The molecule has 0 aliphatic carbocycles. The minimum absolute atomic E-state index is 0.0111. The van der Waals surface area contributed by atoms with Gasteiger partial charge >= 0.3 is 0 Å². The summed E-state index contributed by atoms with van der Waals surface area (Å²) in [7, 11) is -3.18. The van der Waals surface area contributed by atoms with Gasteiger partial charge in [-0.05, 0) is 0 Å². The molecule has 0 amide bonds. The van der Waals surface area contributed by atoms with Gasteiger partial charge in [0.15, 0.2) is 9.84 Å². The van der Waals surface area contributed by atoms with Gasteiger partial charge in [-0.3, -0.25) is 0 Å². The summed E-state index contributed by atoms with van der Waals surface area (Å²) in [5.74, 6) is -0.0621. The van der Waals surface area contributed by atoms with Gasteiger partial charge in [0.25, 0.3) is 0 Å². The van der Waals surface area contributed by atoms with E-state index in [0.29, 0.717) is 46.2 Å². The summed E-state index contributed by atoms with van der Waals surface area (Å²) in [5.41, 5.74) is 0. The van der Waals surface area contributed by atoms with Gasteiger partial charge in [0, 0.05) is 5.41 Å². The lowest BCUT2D eigenvalue weighted by Gasteiger charge is -2.07. The summed E-state index contributed by atoms with van der Waals surface area (Å²) in [6.07, 6.45) is 0. The first-order valence-corrected chi connectivity index (χ1v) is 8.11. The van der Waals surface area contributed by atoms with Crippen molar-refractivity contribution in [2.75, 3.05) is 65.2 Å². The highest BCUT2D eigenvalue weighted by Crippen LogP contribution is 1.91. The quantitative estimate of drug-likeness (QED) is 0.412. The lowest BCUT2D eigenvalue weighted by Crippen LogP contribution is -2.14. The highest BCUT2D eigenvalue weighted by atomic mass is 32.2. The number of aliphatic hydroxyl groups excluding tert-OH is 1. The van der Waals surface area contributed by atoms with Crippen LogP contribution in [0.2, 0.25) is 0 Å². The number of ether oxygens (including phenoxy) is 4. The Morgan fingerprint density at radius 1 is 0.800 bits per heavy atom. The first-order chi connectivity index (χ1) is 9.62. The van der Waals surface area contributed by atoms with E-state index in [1.807, 2.05) is 0 Å². The summed E-state index contributed by atoms with van der Waals surface area (Å²) >= 11 is 0. The minimum atomic E-state index is -3.18. The van der Waals surface area contributed by atoms with E-state index in [1.165, 1.54) is 0 Å². The van der Waals surface area contributed by atoms with Gasteiger partial charge < -0.3 is 24.1 Å². The second kappa shape index (κ2) is 13.5. The fourth-order valence-corrected chi connectivity index (χ4v) is 1.60. The molecule has 120 valence electrons. The van der Waals surface area contributed by atoms with E-state index in [4.69, 9.17) is 24.1 Å². The number of rotatable bonds is 15. The van der Waals surface area contributed by atoms with Crippen LogP contribution in [0.3, 0.4) is 0 Å². The topological polar surface area (TPSA) is 91.3 Å². The number of aliphatic hydroxyl groups is 1. The van der Waals surface area contributed by atoms with E-state index in [0.717, 1.165) is 5.41 Å². The number of hydrogen-bond acceptors (Lipinski definition) is 7. The van der Waals surface area contributed by atoms with E-state index in [9.17, 15) is 8.42 Å². The molecule has 1 N–H and O–H groups in total. The van der Waals surface area contributed by atoms with Gasteiger partial charge in [-0.15, -0.1) is 0 Å². The van der Waals surface area contributed by atoms with E-state index >= 15 is 0 Å². The van der Waals surface area contributed by atoms with Crippen LogP contribution in [0.25, 0.3) is 0 Å².